The fourth-order valence-electron chi connectivity index (χ4n) is 4.13. The first kappa shape index (κ1) is 20.2. The molecule has 158 valence electrons. The number of amides is 1. The van der Waals surface area contributed by atoms with Gasteiger partial charge in [-0.1, -0.05) is 52.3 Å². The van der Waals surface area contributed by atoms with Crippen LogP contribution in [-0.2, 0) is 17.7 Å². The molecule has 1 amide bonds. The number of halogens is 1. The molecule has 0 spiro atoms. The maximum absolute atomic E-state index is 13.2. The van der Waals surface area contributed by atoms with Crippen molar-refractivity contribution in [2.45, 2.75) is 13.0 Å². The smallest absolute Gasteiger partial charge is 0.254 e. The number of hydrogen-bond acceptors (Lipinski definition) is 5. The molecular formula is C24H23BrN4O2. The van der Waals surface area contributed by atoms with Crippen molar-refractivity contribution in [3.63, 3.8) is 0 Å². The van der Waals surface area contributed by atoms with Crippen molar-refractivity contribution in [2.24, 2.45) is 0 Å². The third kappa shape index (κ3) is 4.20. The number of benzene rings is 2. The van der Waals surface area contributed by atoms with Crippen LogP contribution in [0.2, 0.25) is 0 Å². The fourth-order valence-corrected chi connectivity index (χ4v) is 4.53. The molecule has 0 radical (unpaired) electrons. The number of fused-ring (bicyclic) bond motifs is 1. The Morgan fingerprint density at radius 2 is 1.77 bits per heavy atom. The van der Waals surface area contributed by atoms with Gasteiger partial charge in [-0.3, -0.25) is 4.79 Å². The second-order valence-corrected chi connectivity index (χ2v) is 8.66. The van der Waals surface area contributed by atoms with Crippen LogP contribution in [0.1, 0.15) is 21.6 Å². The van der Waals surface area contributed by atoms with Crippen molar-refractivity contribution in [1.29, 1.82) is 0 Å². The number of rotatable bonds is 3. The highest BCUT2D eigenvalue weighted by Crippen LogP contribution is 2.31. The molecule has 6 nitrogen and oxygen atoms in total. The van der Waals surface area contributed by atoms with Gasteiger partial charge in [-0.15, -0.1) is 0 Å². The lowest BCUT2D eigenvalue weighted by Crippen LogP contribution is -2.41. The van der Waals surface area contributed by atoms with Crippen LogP contribution in [-0.4, -0.2) is 53.6 Å². The average Bonchev–Trinajstić information content (AvgIpc) is 2.83. The highest BCUT2D eigenvalue weighted by Gasteiger charge is 2.29. The normalized spacial score (nSPS) is 16.2. The zero-order valence-corrected chi connectivity index (χ0v) is 18.7. The third-order valence-electron chi connectivity index (χ3n) is 5.74. The van der Waals surface area contributed by atoms with Gasteiger partial charge in [-0.25, -0.2) is 9.97 Å². The van der Waals surface area contributed by atoms with E-state index >= 15 is 0 Å². The highest BCUT2D eigenvalue weighted by molar-refractivity contribution is 9.10. The summed E-state index contributed by atoms with van der Waals surface area (Å²) in [4.78, 5) is 27.2. The van der Waals surface area contributed by atoms with E-state index in [9.17, 15) is 4.79 Å². The minimum absolute atomic E-state index is 0.0343. The molecule has 31 heavy (non-hydrogen) atoms. The first-order valence-corrected chi connectivity index (χ1v) is 11.3. The number of nitrogens with zero attached hydrogens (tertiary/aromatic N) is 4. The largest absolute Gasteiger partial charge is 0.378 e. The summed E-state index contributed by atoms with van der Waals surface area (Å²) in [5.41, 5.74) is 3.78. The summed E-state index contributed by atoms with van der Waals surface area (Å²) in [5, 5.41) is 0. The lowest BCUT2D eigenvalue weighted by atomic mass is 10.0. The van der Waals surface area contributed by atoms with Gasteiger partial charge in [0, 0.05) is 47.2 Å². The van der Waals surface area contributed by atoms with Crippen molar-refractivity contribution >= 4 is 27.7 Å². The zero-order chi connectivity index (χ0) is 21.2. The second-order valence-electron chi connectivity index (χ2n) is 7.75. The Bertz CT molecular complexity index is 1100. The van der Waals surface area contributed by atoms with Gasteiger partial charge < -0.3 is 14.5 Å². The van der Waals surface area contributed by atoms with E-state index in [4.69, 9.17) is 14.7 Å². The summed E-state index contributed by atoms with van der Waals surface area (Å²) in [5.74, 6) is 1.71. The second kappa shape index (κ2) is 8.77. The molecule has 0 unspecified atom stereocenters. The Morgan fingerprint density at radius 3 is 2.55 bits per heavy atom. The van der Waals surface area contributed by atoms with Gasteiger partial charge in [0.15, 0.2) is 5.82 Å². The standard InChI is InChI=1S/C24H23BrN4O2/c25-19-8-4-7-18(15-19)24(30)29-10-9-21-20(16-29)23(28-11-13-31-14-12-28)27-22(26-21)17-5-2-1-3-6-17/h1-8,15H,9-14,16H2. The molecule has 0 bridgehead atoms. The molecule has 0 aliphatic carbocycles. The number of carbonyl (C=O) groups excluding carboxylic acids is 1. The van der Waals surface area contributed by atoms with E-state index in [-0.39, 0.29) is 5.91 Å². The monoisotopic (exact) mass is 478 g/mol. The number of hydrogen-bond donors (Lipinski definition) is 0. The molecule has 0 N–H and O–H groups in total. The van der Waals surface area contributed by atoms with Crippen LogP contribution in [0.3, 0.4) is 0 Å². The van der Waals surface area contributed by atoms with Crippen molar-refractivity contribution in [1.82, 2.24) is 14.9 Å². The first-order valence-electron chi connectivity index (χ1n) is 10.5. The fraction of sp³-hybridized carbons (Fsp3) is 0.292. The molecule has 3 aromatic rings. The lowest BCUT2D eigenvalue weighted by Gasteiger charge is -2.34. The molecule has 0 atom stereocenters. The van der Waals surface area contributed by atoms with Crippen LogP contribution in [0, 0.1) is 0 Å². The van der Waals surface area contributed by atoms with Crippen molar-refractivity contribution < 1.29 is 9.53 Å². The maximum atomic E-state index is 13.2. The lowest BCUT2D eigenvalue weighted by molar-refractivity contribution is 0.0733. The topological polar surface area (TPSA) is 58.6 Å². The summed E-state index contributed by atoms with van der Waals surface area (Å²) in [6.07, 6.45) is 0.717. The Balaban J connectivity index is 1.52. The molecule has 1 fully saturated rings. The molecule has 1 saturated heterocycles. The van der Waals surface area contributed by atoms with Gasteiger partial charge >= 0.3 is 0 Å². The SMILES string of the molecule is O=C(c1cccc(Br)c1)N1CCc2nc(-c3ccccc3)nc(N3CCOCC3)c2C1. The summed E-state index contributed by atoms with van der Waals surface area (Å²) in [7, 11) is 0. The van der Waals surface area contributed by atoms with E-state index in [2.05, 4.69) is 20.8 Å². The molecule has 3 heterocycles. The van der Waals surface area contributed by atoms with Gasteiger partial charge in [-0.05, 0) is 18.2 Å². The van der Waals surface area contributed by atoms with E-state index < -0.39 is 0 Å². The van der Waals surface area contributed by atoms with E-state index in [1.807, 2.05) is 59.5 Å². The first-order chi connectivity index (χ1) is 15.2. The Hall–Kier alpha value is -2.77. The van der Waals surface area contributed by atoms with Crippen LogP contribution in [0.15, 0.2) is 59.1 Å². The zero-order valence-electron chi connectivity index (χ0n) is 17.1. The van der Waals surface area contributed by atoms with Gasteiger partial charge in [0.2, 0.25) is 0 Å². The summed E-state index contributed by atoms with van der Waals surface area (Å²) >= 11 is 3.46. The van der Waals surface area contributed by atoms with E-state index in [0.717, 1.165) is 52.4 Å². The molecule has 7 heteroatoms. The van der Waals surface area contributed by atoms with E-state index in [0.29, 0.717) is 31.9 Å². The summed E-state index contributed by atoms with van der Waals surface area (Å²) in [6, 6.07) is 17.6. The molecule has 2 aliphatic rings. The van der Waals surface area contributed by atoms with Crippen LogP contribution in [0.5, 0.6) is 0 Å². The predicted molar refractivity (Wildman–Crippen MR) is 123 cm³/mol. The van der Waals surface area contributed by atoms with Crippen LogP contribution >= 0.6 is 15.9 Å². The van der Waals surface area contributed by atoms with E-state index in [1.165, 1.54) is 0 Å². The Kier molecular flexibility index (Phi) is 5.70. The van der Waals surface area contributed by atoms with Crippen LogP contribution < -0.4 is 4.90 Å². The molecule has 2 aromatic carbocycles. The number of aromatic nitrogens is 2. The number of morpholine rings is 1. The van der Waals surface area contributed by atoms with Gasteiger partial charge in [-0.2, -0.15) is 0 Å². The minimum Gasteiger partial charge on any atom is -0.378 e. The molecule has 2 aliphatic heterocycles. The number of carbonyl (C=O) groups is 1. The maximum Gasteiger partial charge on any atom is 0.254 e. The Morgan fingerprint density at radius 1 is 0.968 bits per heavy atom. The minimum atomic E-state index is 0.0343. The number of ether oxygens (including phenoxy) is 1. The highest BCUT2D eigenvalue weighted by atomic mass is 79.9. The van der Waals surface area contributed by atoms with E-state index in [1.54, 1.807) is 0 Å². The van der Waals surface area contributed by atoms with Crippen LogP contribution in [0.4, 0.5) is 5.82 Å². The molecular weight excluding hydrogens is 456 g/mol. The molecule has 5 rings (SSSR count). The average molecular weight is 479 g/mol. The Labute approximate surface area is 190 Å². The molecule has 0 saturated carbocycles. The van der Waals surface area contributed by atoms with Gasteiger partial charge in [0.05, 0.1) is 25.5 Å². The summed E-state index contributed by atoms with van der Waals surface area (Å²) < 4.78 is 6.46. The van der Waals surface area contributed by atoms with Gasteiger partial charge in [0.25, 0.3) is 5.91 Å². The van der Waals surface area contributed by atoms with Crippen molar-refractivity contribution in [3.05, 3.63) is 75.9 Å². The quantitative estimate of drug-likeness (QED) is 0.570. The number of anilines is 1. The third-order valence-corrected chi connectivity index (χ3v) is 6.23. The predicted octanol–water partition coefficient (Wildman–Crippen LogP) is 3.94. The summed E-state index contributed by atoms with van der Waals surface area (Å²) in [6.45, 7) is 4.10. The van der Waals surface area contributed by atoms with Crippen molar-refractivity contribution in [3.8, 4) is 11.4 Å². The van der Waals surface area contributed by atoms with Gasteiger partial charge in [0.1, 0.15) is 5.82 Å². The molecule has 1 aromatic heterocycles. The van der Waals surface area contributed by atoms with Crippen molar-refractivity contribution in [2.75, 3.05) is 37.7 Å². The van der Waals surface area contributed by atoms with Crippen LogP contribution in [0.25, 0.3) is 11.4 Å².